The number of nitrogens with one attached hydrogen (secondary N) is 2. The monoisotopic (exact) mass is 412 g/mol. The maximum atomic E-state index is 12.8. The van der Waals surface area contributed by atoms with Crippen LogP contribution in [0.15, 0.2) is 47.4 Å². The SMILES string of the molecule is Cc1ccc(C)c(S(=O)(=O)Nc2ccc(C3(C(=O)NC4CCCC4)CC3)cc2)c1. The zero-order chi connectivity index (χ0) is 20.6. The lowest BCUT2D eigenvalue weighted by Gasteiger charge is -2.20. The van der Waals surface area contributed by atoms with Crippen molar-refractivity contribution in [2.75, 3.05) is 4.72 Å². The van der Waals surface area contributed by atoms with Gasteiger partial charge in [0, 0.05) is 11.7 Å². The van der Waals surface area contributed by atoms with Gasteiger partial charge in [0.2, 0.25) is 5.91 Å². The van der Waals surface area contributed by atoms with Crippen LogP contribution in [0.2, 0.25) is 0 Å². The summed E-state index contributed by atoms with van der Waals surface area (Å²) < 4.78 is 28.3. The van der Waals surface area contributed by atoms with E-state index in [-0.39, 0.29) is 10.8 Å². The number of amides is 1. The quantitative estimate of drug-likeness (QED) is 0.747. The van der Waals surface area contributed by atoms with Crippen LogP contribution in [0.3, 0.4) is 0 Å². The van der Waals surface area contributed by atoms with Gasteiger partial charge < -0.3 is 5.32 Å². The van der Waals surface area contributed by atoms with E-state index in [1.54, 1.807) is 25.1 Å². The van der Waals surface area contributed by atoms with Crippen molar-refractivity contribution in [2.24, 2.45) is 0 Å². The van der Waals surface area contributed by atoms with Gasteiger partial charge in [-0.15, -0.1) is 0 Å². The molecule has 0 spiro atoms. The highest BCUT2D eigenvalue weighted by Gasteiger charge is 2.51. The summed E-state index contributed by atoms with van der Waals surface area (Å²) in [4.78, 5) is 13.1. The minimum absolute atomic E-state index is 0.119. The largest absolute Gasteiger partial charge is 0.353 e. The minimum Gasteiger partial charge on any atom is -0.353 e. The van der Waals surface area contributed by atoms with Crippen LogP contribution in [0.5, 0.6) is 0 Å². The molecule has 0 saturated heterocycles. The maximum Gasteiger partial charge on any atom is 0.262 e. The first-order chi connectivity index (χ1) is 13.8. The van der Waals surface area contributed by atoms with E-state index >= 15 is 0 Å². The van der Waals surface area contributed by atoms with E-state index in [1.807, 2.05) is 31.2 Å². The second-order valence-corrected chi connectivity index (χ2v) is 10.1. The van der Waals surface area contributed by atoms with Crippen molar-refractivity contribution in [3.8, 4) is 0 Å². The number of benzene rings is 2. The molecule has 0 bridgehead atoms. The van der Waals surface area contributed by atoms with Gasteiger partial charge in [0.25, 0.3) is 10.0 Å². The molecule has 2 aromatic rings. The van der Waals surface area contributed by atoms with Crippen LogP contribution in [0, 0.1) is 13.8 Å². The average molecular weight is 413 g/mol. The lowest BCUT2D eigenvalue weighted by atomic mass is 9.94. The topological polar surface area (TPSA) is 75.3 Å². The van der Waals surface area contributed by atoms with Gasteiger partial charge >= 0.3 is 0 Å². The Morgan fingerprint density at radius 3 is 2.28 bits per heavy atom. The molecule has 2 aromatic carbocycles. The zero-order valence-corrected chi connectivity index (χ0v) is 17.8. The van der Waals surface area contributed by atoms with Crippen molar-refractivity contribution >= 4 is 21.6 Å². The van der Waals surface area contributed by atoms with Crippen LogP contribution in [-0.4, -0.2) is 20.4 Å². The molecular formula is C23H28N2O3S. The van der Waals surface area contributed by atoms with E-state index in [0.717, 1.165) is 36.8 Å². The van der Waals surface area contributed by atoms with E-state index in [4.69, 9.17) is 0 Å². The standard InChI is InChI=1S/C23H28N2O3S/c1-16-7-8-17(2)21(15-16)29(27,28)25-20-11-9-18(10-12-20)23(13-14-23)22(26)24-19-5-3-4-6-19/h7-12,15,19,25H,3-6,13-14H2,1-2H3,(H,24,26). The van der Waals surface area contributed by atoms with Crippen LogP contribution in [0.25, 0.3) is 0 Å². The van der Waals surface area contributed by atoms with Crippen LogP contribution < -0.4 is 10.0 Å². The number of aryl methyl sites for hydroxylation is 2. The van der Waals surface area contributed by atoms with E-state index in [1.165, 1.54) is 12.8 Å². The van der Waals surface area contributed by atoms with Crippen molar-refractivity contribution in [3.05, 3.63) is 59.2 Å². The number of carbonyl (C=O) groups is 1. The lowest BCUT2D eigenvalue weighted by molar-refractivity contribution is -0.124. The fourth-order valence-corrected chi connectivity index (χ4v) is 5.62. The Labute approximate surface area is 173 Å². The first kappa shape index (κ1) is 20.0. The number of hydrogen-bond acceptors (Lipinski definition) is 3. The summed E-state index contributed by atoms with van der Waals surface area (Å²) in [5.41, 5.74) is 2.63. The highest BCUT2D eigenvalue weighted by Crippen LogP contribution is 2.49. The highest BCUT2D eigenvalue weighted by molar-refractivity contribution is 7.92. The Bertz CT molecular complexity index is 1020. The molecule has 29 heavy (non-hydrogen) atoms. The zero-order valence-electron chi connectivity index (χ0n) is 17.0. The fourth-order valence-electron chi connectivity index (χ4n) is 4.23. The molecule has 2 aliphatic rings. The summed E-state index contributed by atoms with van der Waals surface area (Å²) in [5, 5.41) is 3.22. The van der Waals surface area contributed by atoms with E-state index in [9.17, 15) is 13.2 Å². The molecule has 2 N–H and O–H groups in total. The van der Waals surface area contributed by atoms with Crippen molar-refractivity contribution in [1.29, 1.82) is 0 Å². The summed E-state index contributed by atoms with van der Waals surface area (Å²) in [7, 11) is -3.66. The van der Waals surface area contributed by atoms with Gasteiger partial charge in [-0.3, -0.25) is 9.52 Å². The predicted molar refractivity (Wildman–Crippen MR) is 114 cm³/mol. The maximum absolute atomic E-state index is 12.8. The van der Waals surface area contributed by atoms with Crippen molar-refractivity contribution < 1.29 is 13.2 Å². The van der Waals surface area contributed by atoms with Gasteiger partial charge in [-0.25, -0.2) is 8.42 Å². The van der Waals surface area contributed by atoms with E-state index < -0.39 is 15.4 Å². The Morgan fingerprint density at radius 2 is 1.66 bits per heavy atom. The molecule has 6 heteroatoms. The third-order valence-electron chi connectivity index (χ3n) is 6.20. The van der Waals surface area contributed by atoms with Crippen molar-refractivity contribution in [2.45, 2.75) is 68.7 Å². The Hall–Kier alpha value is -2.34. The minimum atomic E-state index is -3.66. The van der Waals surface area contributed by atoms with Crippen LogP contribution in [-0.2, 0) is 20.2 Å². The van der Waals surface area contributed by atoms with Gasteiger partial charge in [-0.05, 0) is 74.4 Å². The molecule has 0 aliphatic heterocycles. The molecule has 5 nitrogen and oxygen atoms in total. The molecule has 4 rings (SSSR count). The molecule has 0 aromatic heterocycles. The molecular weight excluding hydrogens is 384 g/mol. The molecule has 0 atom stereocenters. The molecule has 0 unspecified atom stereocenters. The second-order valence-electron chi connectivity index (χ2n) is 8.49. The molecule has 2 aliphatic carbocycles. The first-order valence-electron chi connectivity index (χ1n) is 10.3. The van der Waals surface area contributed by atoms with Crippen molar-refractivity contribution in [3.63, 3.8) is 0 Å². The third-order valence-corrected chi connectivity index (χ3v) is 7.72. The van der Waals surface area contributed by atoms with E-state index in [2.05, 4.69) is 10.0 Å². The fraction of sp³-hybridized carbons (Fsp3) is 0.435. The predicted octanol–water partition coefficient (Wildman–Crippen LogP) is 4.19. The average Bonchev–Trinajstić information content (AvgIpc) is 3.34. The summed E-state index contributed by atoms with van der Waals surface area (Å²) in [6, 6.07) is 13.0. The Balaban J connectivity index is 1.49. The second kappa shape index (κ2) is 7.48. The van der Waals surface area contributed by atoms with Crippen LogP contribution >= 0.6 is 0 Å². The van der Waals surface area contributed by atoms with Gasteiger partial charge in [0.15, 0.2) is 0 Å². The van der Waals surface area contributed by atoms with Gasteiger partial charge in [0.1, 0.15) is 0 Å². The summed E-state index contributed by atoms with van der Waals surface area (Å²) in [5.74, 6) is 0.119. The van der Waals surface area contributed by atoms with Crippen molar-refractivity contribution in [1.82, 2.24) is 5.32 Å². The molecule has 2 saturated carbocycles. The lowest BCUT2D eigenvalue weighted by Crippen LogP contribution is -2.40. The van der Waals surface area contributed by atoms with Crippen LogP contribution in [0.4, 0.5) is 5.69 Å². The summed E-state index contributed by atoms with van der Waals surface area (Å²) in [6.45, 7) is 3.66. The summed E-state index contributed by atoms with van der Waals surface area (Å²) >= 11 is 0. The number of carbonyl (C=O) groups excluding carboxylic acids is 1. The van der Waals surface area contributed by atoms with Crippen LogP contribution in [0.1, 0.15) is 55.2 Å². The molecule has 1 amide bonds. The number of rotatable bonds is 6. The highest BCUT2D eigenvalue weighted by atomic mass is 32.2. The third kappa shape index (κ3) is 4.04. The number of anilines is 1. The van der Waals surface area contributed by atoms with Gasteiger partial charge in [0.05, 0.1) is 10.3 Å². The molecule has 2 fully saturated rings. The Kier molecular flexibility index (Phi) is 5.15. The van der Waals surface area contributed by atoms with E-state index in [0.29, 0.717) is 17.3 Å². The summed E-state index contributed by atoms with van der Waals surface area (Å²) in [6.07, 6.45) is 6.21. The molecule has 154 valence electrons. The number of hydrogen-bond donors (Lipinski definition) is 2. The van der Waals surface area contributed by atoms with Gasteiger partial charge in [-0.1, -0.05) is 37.1 Å². The molecule has 0 radical (unpaired) electrons. The first-order valence-corrected chi connectivity index (χ1v) is 11.8. The molecule has 0 heterocycles. The normalized spacial score (nSPS) is 18.4. The smallest absolute Gasteiger partial charge is 0.262 e. The number of sulfonamides is 1. The Morgan fingerprint density at radius 1 is 1.00 bits per heavy atom. The van der Waals surface area contributed by atoms with Gasteiger partial charge in [-0.2, -0.15) is 0 Å².